The van der Waals surface area contributed by atoms with Gasteiger partial charge in [-0.3, -0.25) is 14.6 Å². The number of ether oxygens (including phenoxy) is 2. The van der Waals surface area contributed by atoms with Crippen molar-refractivity contribution in [2.75, 3.05) is 13.2 Å². The molecule has 0 aromatic heterocycles. The van der Waals surface area contributed by atoms with Crippen molar-refractivity contribution in [2.24, 2.45) is 17.8 Å². The molecule has 2 heterocycles. The number of esters is 2. The molecule has 0 aliphatic carbocycles. The van der Waals surface area contributed by atoms with Crippen LogP contribution in [0.15, 0.2) is 0 Å². The molecule has 2 rings (SSSR count). The standard InChI is InChI=1S/C18H30O7S.Na/c1-3-5-7-13-9-11-22-16(19)15(13)18(26-25-24-21)14(8-6-4-2)10-12-23-17(18)20;/h13-15,21H,3-12H2,1-2H3;/q;+1/p-1. The molecule has 150 valence electrons. The molecule has 2 aliphatic rings. The summed E-state index contributed by atoms with van der Waals surface area (Å²) in [6.07, 6.45) is 6.76. The van der Waals surface area contributed by atoms with Crippen molar-refractivity contribution in [1.29, 1.82) is 0 Å². The number of cyclic esters (lactones) is 2. The van der Waals surface area contributed by atoms with Gasteiger partial charge in [0.2, 0.25) is 0 Å². The molecule has 0 amide bonds. The normalized spacial score (nSPS) is 31.0. The van der Waals surface area contributed by atoms with Crippen LogP contribution in [0.4, 0.5) is 0 Å². The second-order valence-corrected chi connectivity index (χ2v) is 8.09. The third-order valence-electron chi connectivity index (χ3n) is 5.58. The molecule has 2 saturated heterocycles. The zero-order valence-electron chi connectivity index (χ0n) is 16.6. The Morgan fingerprint density at radius 2 is 1.78 bits per heavy atom. The van der Waals surface area contributed by atoms with Gasteiger partial charge in [0.05, 0.1) is 31.2 Å². The van der Waals surface area contributed by atoms with Gasteiger partial charge in [0, 0.05) is 0 Å². The van der Waals surface area contributed by atoms with E-state index in [0.717, 1.165) is 38.5 Å². The molecule has 0 radical (unpaired) electrons. The molecule has 4 unspecified atom stereocenters. The van der Waals surface area contributed by atoms with Crippen molar-refractivity contribution in [3.05, 3.63) is 0 Å². The third-order valence-corrected chi connectivity index (χ3v) is 6.73. The van der Waals surface area contributed by atoms with Crippen molar-refractivity contribution in [1.82, 2.24) is 0 Å². The third kappa shape index (κ3) is 5.84. The van der Waals surface area contributed by atoms with Gasteiger partial charge in [-0.15, -0.1) is 0 Å². The summed E-state index contributed by atoms with van der Waals surface area (Å²) in [6.45, 7) is 4.84. The minimum Gasteiger partial charge on any atom is -0.691 e. The molecule has 0 N–H and O–H groups in total. The first-order chi connectivity index (χ1) is 12.6. The van der Waals surface area contributed by atoms with Crippen molar-refractivity contribution >= 4 is 24.0 Å². The van der Waals surface area contributed by atoms with Crippen LogP contribution in [0.25, 0.3) is 0 Å². The summed E-state index contributed by atoms with van der Waals surface area (Å²) >= 11 is 0.649. The van der Waals surface area contributed by atoms with E-state index in [-0.39, 0.29) is 41.4 Å². The Morgan fingerprint density at radius 1 is 1.11 bits per heavy atom. The van der Waals surface area contributed by atoms with Gasteiger partial charge in [-0.05, 0) is 37.5 Å². The summed E-state index contributed by atoms with van der Waals surface area (Å²) in [4.78, 5) is 25.8. The number of hydrogen-bond donors (Lipinski definition) is 0. The van der Waals surface area contributed by atoms with Gasteiger partial charge in [-0.25, -0.2) is 0 Å². The first-order valence-corrected chi connectivity index (χ1v) is 10.3. The Morgan fingerprint density at radius 3 is 2.44 bits per heavy atom. The number of carbonyl (C=O) groups is 2. The van der Waals surface area contributed by atoms with Crippen molar-refractivity contribution in [3.8, 4) is 0 Å². The maximum Gasteiger partial charge on any atom is 1.00 e. The molecule has 0 bridgehead atoms. The summed E-state index contributed by atoms with van der Waals surface area (Å²) < 4.78 is 14.0. The smallest absolute Gasteiger partial charge is 0.691 e. The zero-order valence-corrected chi connectivity index (χ0v) is 19.4. The summed E-state index contributed by atoms with van der Waals surface area (Å²) in [5.41, 5.74) is 0. The van der Waals surface area contributed by atoms with Crippen molar-refractivity contribution in [3.63, 3.8) is 0 Å². The Labute approximate surface area is 187 Å². The SMILES string of the molecule is CCCCC1CCOC(=O)C1C1(SOO[O-])C(=O)OCCC1CCCC.[Na+]. The molecule has 7 nitrogen and oxygen atoms in total. The van der Waals surface area contributed by atoms with Gasteiger partial charge >= 0.3 is 41.5 Å². The van der Waals surface area contributed by atoms with Gasteiger partial charge in [-0.1, -0.05) is 39.5 Å². The predicted octanol–water partition coefficient (Wildman–Crippen LogP) is -0.276. The molecule has 0 spiro atoms. The Hall–Kier alpha value is 0.170. The van der Waals surface area contributed by atoms with Crippen LogP contribution in [0, 0.1) is 17.8 Å². The molecule has 4 atom stereocenters. The molecule has 9 heteroatoms. The molecule has 2 aliphatic heterocycles. The quantitative estimate of drug-likeness (QED) is 0.159. The van der Waals surface area contributed by atoms with E-state index in [9.17, 15) is 14.8 Å². The van der Waals surface area contributed by atoms with E-state index in [1.807, 2.05) is 0 Å². The Balaban J connectivity index is 0.00000364. The summed E-state index contributed by atoms with van der Waals surface area (Å²) in [6, 6.07) is 0. The van der Waals surface area contributed by atoms with E-state index in [0.29, 0.717) is 38.1 Å². The van der Waals surface area contributed by atoms with E-state index in [2.05, 4.69) is 23.2 Å². The van der Waals surface area contributed by atoms with Crippen LogP contribution in [0.1, 0.15) is 65.2 Å². The largest absolute Gasteiger partial charge is 1.00 e. The monoisotopic (exact) mass is 412 g/mol. The van der Waals surface area contributed by atoms with E-state index >= 15 is 0 Å². The fourth-order valence-corrected chi connectivity index (χ4v) is 5.30. The van der Waals surface area contributed by atoms with Gasteiger partial charge in [0.25, 0.3) is 0 Å². The van der Waals surface area contributed by atoms with Crippen LogP contribution in [0.3, 0.4) is 0 Å². The van der Waals surface area contributed by atoms with Crippen LogP contribution >= 0.6 is 12.0 Å². The first kappa shape index (κ1) is 25.2. The average molecular weight is 412 g/mol. The maximum atomic E-state index is 13.0. The first-order valence-electron chi connectivity index (χ1n) is 9.59. The molecule has 2 fully saturated rings. The van der Waals surface area contributed by atoms with Crippen LogP contribution in [0.5, 0.6) is 0 Å². The number of rotatable bonds is 10. The molecule has 27 heavy (non-hydrogen) atoms. The van der Waals surface area contributed by atoms with Crippen LogP contribution in [0.2, 0.25) is 0 Å². The predicted molar refractivity (Wildman–Crippen MR) is 93.2 cm³/mol. The van der Waals surface area contributed by atoms with Crippen LogP contribution < -0.4 is 34.8 Å². The van der Waals surface area contributed by atoms with E-state index < -0.39 is 22.6 Å². The Kier molecular flexibility index (Phi) is 11.8. The van der Waals surface area contributed by atoms with Gasteiger partial charge in [0.1, 0.15) is 0 Å². The fraction of sp³-hybridized carbons (Fsp3) is 0.889. The average Bonchev–Trinajstić information content (AvgIpc) is 2.64. The molecule has 0 aromatic carbocycles. The van der Waals surface area contributed by atoms with Gasteiger partial charge < -0.3 is 14.7 Å². The van der Waals surface area contributed by atoms with Gasteiger partial charge in [-0.2, -0.15) is 4.33 Å². The van der Waals surface area contributed by atoms with Crippen LogP contribution in [-0.4, -0.2) is 29.9 Å². The van der Waals surface area contributed by atoms with Gasteiger partial charge in [0.15, 0.2) is 4.75 Å². The fourth-order valence-electron chi connectivity index (χ4n) is 4.26. The summed E-state index contributed by atoms with van der Waals surface area (Å²) in [5.74, 6) is -1.74. The summed E-state index contributed by atoms with van der Waals surface area (Å²) in [5, 5.41) is 14.1. The van der Waals surface area contributed by atoms with E-state index in [1.54, 1.807) is 0 Å². The van der Waals surface area contributed by atoms with Crippen molar-refractivity contribution < 1.29 is 63.2 Å². The second-order valence-electron chi connectivity index (χ2n) is 7.11. The number of hydrogen-bond acceptors (Lipinski definition) is 8. The minimum atomic E-state index is -1.30. The topological polar surface area (TPSA) is 94.1 Å². The van der Waals surface area contributed by atoms with E-state index in [1.165, 1.54) is 0 Å². The van der Waals surface area contributed by atoms with Crippen LogP contribution in [-0.2, 0) is 28.4 Å². The maximum absolute atomic E-state index is 13.0. The second kappa shape index (κ2) is 12.7. The summed E-state index contributed by atoms with van der Waals surface area (Å²) in [7, 11) is 0. The molecular weight excluding hydrogens is 383 g/mol. The zero-order chi connectivity index (χ0) is 19.0. The molecular formula is C18H29NaO7S. The number of carbonyl (C=O) groups excluding carboxylic acids is 2. The van der Waals surface area contributed by atoms with Crippen molar-refractivity contribution in [2.45, 2.75) is 70.0 Å². The molecule has 0 saturated carbocycles. The molecule has 0 aromatic rings. The number of unbranched alkanes of at least 4 members (excludes halogenated alkanes) is 2. The minimum absolute atomic E-state index is 0. The van der Waals surface area contributed by atoms with E-state index in [4.69, 9.17) is 9.47 Å². The Bertz CT molecular complexity index is 479.